The molecule has 0 radical (unpaired) electrons. The van der Waals surface area contributed by atoms with E-state index in [1.807, 2.05) is 48.2 Å². The molecule has 1 amide bonds. The first-order valence-electron chi connectivity index (χ1n) is 9.91. The van der Waals surface area contributed by atoms with Crippen LogP contribution in [0.5, 0.6) is 0 Å². The molecule has 0 spiro atoms. The minimum Gasteiger partial charge on any atom is -0.444 e. The van der Waals surface area contributed by atoms with Gasteiger partial charge < -0.3 is 14.2 Å². The van der Waals surface area contributed by atoms with Crippen LogP contribution in [0.4, 0.5) is 5.69 Å². The summed E-state index contributed by atoms with van der Waals surface area (Å²) in [6, 6.07) is 20.2. The Labute approximate surface area is 175 Å². The van der Waals surface area contributed by atoms with Crippen molar-refractivity contribution in [2.24, 2.45) is 0 Å². The van der Waals surface area contributed by atoms with E-state index in [0.29, 0.717) is 11.6 Å². The summed E-state index contributed by atoms with van der Waals surface area (Å²) >= 11 is 1.61. The van der Waals surface area contributed by atoms with Gasteiger partial charge in [0.2, 0.25) is 11.8 Å². The van der Waals surface area contributed by atoms with E-state index in [1.54, 1.807) is 18.0 Å². The minimum atomic E-state index is -0.102. The van der Waals surface area contributed by atoms with E-state index < -0.39 is 0 Å². The lowest BCUT2D eigenvalue weighted by molar-refractivity contribution is -0.130. The number of thioether (sulfide) groups is 1. The van der Waals surface area contributed by atoms with Gasteiger partial charge in [-0.25, -0.2) is 4.98 Å². The lowest BCUT2D eigenvalue weighted by Gasteiger charge is -2.37. The van der Waals surface area contributed by atoms with Gasteiger partial charge in [-0.3, -0.25) is 4.79 Å². The zero-order valence-corrected chi connectivity index (χ0v) is 17.3. The summed E-state index contributed by atoms with van der Waals surface area (Å²) in [5.74, 6) is 1.49. The molecule has 0 saturated carbocycles. The summed E-state index contributed by atoms with van der Waals surface area (Å²) in [6.07, 6.45) is 1.69. The number of aromatic nitrogens is 1. The maximum atomic E-state index is 12.8. The molecular weight excluding hydrogens is 382 g/mol. The first-order valence-corrected chi connectivity index (χ1v) is 11.0. The fraction of sp³-hybridized carbons (Fsp3) is 0.304. The van der Waals surface area contributed by atoms with Crippen molar-refractivity contribution >= 4 is 23.4 Å². The van der Waals surface area contributed by atoms with Crippen molar-refractivity contribution in [3.63, 3.8) is 0 Å². The fourth-order valence-electron chi connectivity index (χ4n) is 3.45. The highest BCUT2D eigenvalue weighted by Gasteiger charge is 2.25. The molecule has 6 heteroatoms. The van der Waals surface area contributed by atoms with Crippen LogP contribution in [0, 0.1) is 0 Å². The van der Waals surface area contributed by atoms with Gasteiger partial charge in [0.1, 0.15) is 6.26 Å². The smallest absolute Gasteiger partial charge is 0.235 e. The molecule has 4 rings (SSSR count). The lowest BCUT2D eigenvalue weighted by Crippen LogP contribution is -2.50. The van der Waals surface area contributed by atoms with E-state index in [0.717, 1.165) is 37.4 Å². The quantitative estimate of drug-likeness (QED) is 0.609. The Morgan fingerprint density at radius 3 is 2.38 bits per heavy atom. The zero-order valence-electron chi connectivity index (χ0n) is 16.5. The van der Waals surface area contributed by atoms with Gasteiger partial charge in [-0.05, 0) is 31.2 Å². The summed E-state index contributed by atoms with van der Waals surface area (Å²) < 4.78 is 5.59. The molecule has 3 aromatic rings. The number of carbonyl (C=O) groups is 1. The highest BCUT2D eigenvalue weighted by molar-refractivity contribution is 7.99. The number of piperazine rings is 1. The molecule has 5 nitrogen and oxygen atoms in total. The normalized spacial score (nSPS) is 15.3. The third kappa shape index (κ3) is 4.82. The number of amides is 1. The van der Waals surface area contributed by atoms with Crippen LogP contribution >= 0.6 is 11.8 Å². The lowest BCUT2D eigenvalue weighted by atomic mass is 10.2. The van der Waals surface area contributed by atoms with Crippen LogP contribution in [0.3, 0.4) is 0 Å². The highest BCUT2D eigenvalue weighted by atomic mass is 32.2. The first kappa shape index (κ1) is 19.6. The molecule has 1 atom stereocenters. The molecule has 1 aliphatic rings. The molecule has 150 valence electrons. The largest absolute Gasteiger partial charge is 0.444 e. The second-order valence-corrected chi connectivity index (χ2v) is 8.44. The van der Waals surface area contributed by atoms with Crippen LogP contribution in [0.1, 0.15) is 12.6 Å². The van der Waals surface area contributed by atoms with Gasteiger partial charge in [0.05, 0.1) is 10.9 Å². The van der Waals surface area contributed by atoms with Crippen LogP contribution in [0.15, 0.2) is 71.3 Å². The summed E-state index contributed by atoms with van der Waals surface area (Å²) in [5.41, 5.74) is 3.05. The highest BCUT2D eigenvalue weighted by Crippen LogP contribution is 2.24. The number of rotatable bonds is 6. The van der Waals surface area contributed by atoms with Crippen molar-refractivity contribution in [1.82, 2.24) is 9.88 Å². The van der Waals surface area contributed by atoms with Crippen molar-refractivity contribution in [1.29, 1.82) is 0 Å². The average molecular weight is 408 g/mol. The number of para-hydroxylation sites is 1. The number of anilines is 1. The van der Waals surface area contributed by atoms with Crippen LogP contribution < -0.4 is 4.90 Å². The van der Waals surface area contributed by atoms with E-state index >= 15 is 0 Å². The molecule has 29 heavy (non-hydrogen) atoms. The summed E-state index contributed by atoms with van der Waals surface area (Å²) in [7, 11) is 0. The molecule has 2 aromatic carbocycles. The Morgan fingerprint density at radius 2 is 1.69 bits per heavy atom. The number of benzene rings is 2. The van der Waals surface area contributed by atoms with E-state index in [4.69, 9.17) is 4.42 Å². The molecule has 1 aliphatic heterocycles. The third-order valence-electron chi connectivity index (χ3n) is 5.11. The van der Waals surface area contributed by atoms with E-state index in [9.17, 15) is 4.79 Å². The second-order valence-electron chi connectivity index (χ2n) is 7.11. The number of nitrogens with zero attached hydrogens (tertiary/aromatic N) is 3. The summed E-state index contributed by atoms with van der Waals surface area (Å²) in [6.45, 7) is 5.25. The molecule has 0 aliphatic carbocycles. The molecule has 0 bridgehead atoms. The van der Waals surface area contributed by atoms with Gasteiger partial charge in [-0.1, -0.05) is 36.4 Å². The fourth-order valence-corrected chi connectivity index (χ4v) is 4.29. The molecule has 1 unspecified atom stereocenters. The van der Waals surface area contributed by atoms with Gasteiger partial charge in [0.15, 0.2) is 0 Å². The molecule has 1 fully saturated rings. The van der Waals surface area contributed by atoms with Gasteiger partial charge in [0, 0.05) is 43.2 Å². The molecule has 1 aromatic heterocycles. The van der Waals surface area contributed by atoms with E-state index in [-0.39, 0.29) is 11.2 Å². The SMILES string of the molecule is CC(SCc1coc(-c2ccccc2)n1)C(=O)N1CCN(c2ccccc2)CC1. The maximum absolute atomic E-state index is 12.8. The van der Waals surface area contributed by atoms with Crippen molar-refractivity contribution < 1.29 is 9.21 Å². The van der Waals surface area contributed by atoms with Crippen LogP contribution in [0.25, 0.3) is 11.5 Å². The monoisotopic (exact) mass is 407 g/mol. The Hall–Kier alpha value is -2.73. The van der Waals surface area contributed by atoms with Gasteiger partial charge >= 0.3 is 0 Å². The average Bonchev–Trinajstić information content (AvgIpc) is 3.27. The van der Waals surface area contributed by atoms with Crippen LogP contribution in [-0.4, -0.2) is 47.2 Å². The number of carbonyl (C=O) groups excluding carboxylic acids is 1. The molecule has 0 N–H and O–H groups in total. The second kappa shape index (κ2) is 9.18. The van der Waals surface area contributed by atoms with Gasteiger partial charge in [0.25, 0.3) is 0 Å². The minimum absolute atomic E-state index is 0.102. The number of hydrogen-bond acceptors (Lipinski definition) is 5. The molecule has 2 heterocycles. The van der Waals surface area contributed by atoms with Gasteiger partial charge in [-0.2, -0.15) is 0 Å². The zero-order chi connectivity index (χ0) is 20.1. The number of oxazole rings is 1. The van der Waals surface area contributed by atoms with Crippen LogP contribution in [0.2, 0.25) is 0 Å². The predicted molar refractivity (Wildman–Crippen MR) is 118 cm³/mol. The maximum Gasteiger partial charge on any atom is 0.235 e. The third-order valence-corrected chi connectivity index (χ3v) is 6.28. The van der Waals surface area contributed by atoms with E-state index in [2.05, 4.69) is 34.1 Å². The van der Waals surface area contributed by atoms with Crippen molar-refractivity contribution in [3.8, 4) is 11.5 Å². The van der Waals surface area contributed by atoms with E-state index in [1.165, 1.54) is 5.69 Å². The standard InChI is InChI=1S/C23H25N3O2S/c1-18(29-17-20-16-28-22(24-20)19-8-4-2-5-9-19)23(27)26-14-12-25(13-15-26)21-10-6-3-7-11-21/h2-11,16,18H,12-15,17H2,1H3. The predicted octanol–water partition coefficient (Wildman–Crippen LogP) is 4.31. The summed E-state index contributed by atoms with van der Waals surface area (Å²) in [5, 5.41) is -0.102. The van der Waals surface area contributed by atoms with Crippen molar-refractivity contribution in [2.75, 3.05) is 31.1 Å². The molecule has 1 saturated heterocycles. The Morgan fingerprint density at radius 1 is 1.03 bits per heavy atom. The Balaban J connectivity index is 1.27. The Bertz CT molecular complexity index is 922. The number of hydrogen-bond donors (Lipinski definition) is 0. The van der Waals surface area contributed by atoms with Crippen molar-refractivity contribution in [2.45, 2.75) is 17.9 Å². The summed E-state index contributed by atoms with van der Waals surface area (Å²) in [4.78, 5) is 21.7. The Kier molecular flexibility index (Phi) is 6.20. The van der Waals surface area contributed by atoms with Gasteiger partial charge in [-0.15, -0.1) is 11.8 Å². The molecular formula is C23H25N3O2S. The topological polar surface area (TPSA) is 49.6 Å². The van der Waals surface area contributed by atoms with Crippen molar-refractivity contribution in [3.05, 3.63) is 72.6 Å². The van der Waals surface area contributed by atoms with Crippen LogP contribution in [-0.2, 0) is 10.5 Å². The first-order chi connectivity index (χ1) is 14.2.